The second-order valence-electron chi connectivity index (χ2n) is 21.3. The molecule has 0 bridgehead atoms. The third-order valence-electron chi connectivity index (χ3n) is 13.9. The molecular formula is C64H81Cl3N6O4. The van der Waals surface area contributed by atoms with Crippen molar-refractivity contribution in [1.29, 1.82) is 0 Å². The normalized spacial score (nSPS) is 12.5. The van der Waals surface area contributed by atoms with Gasteiger partial charge >= 0.3 is 0 Å². The van der Waals surface area contributed by atoms with Gasteiger partial charge in [-0.1, -0.05) is 243 Å². The summed E-state index contributed by atoms with van der Waals surface area (Å²) in [6.45, 7) is 16.7. The second kappa shape index (κ2) is 31.4. The Kier molecular flexibility index (Phi) is 25.9. The maximum atomic E-state index is 13.6. The Labute approximate surface area is 475 Å². The summed E-state index contributed by atoms with van der Waals surface area (Å²) in [5.74, 6) is -0.177. The fourth-order valence-electron chi connectivity index (χ4n) is 8.69. The molecule has 6 aromatic carbocycles. The summed E-state index contributed by atoms with van der Waals surface area (Å²) in [5.41, 5.74) is 8.55. The summed E-state index contributed by atoms with van der Waals surface area (Å²) in [6.07, 6.45) is 1.05. The van der Waals surface area contributed by atoms with Gasteiger partial charge in [-0.05, 0) is 81.1 Å². The Bertz CT molecular complexity index is 2690. The molecule has 412 valence electrons. The zero-order valence-electron chi connectivity index (χ0n) is 47.0. The van der Waals surface area contributed by atoms with Crippen LogP contribution in [0.4, 0.5) is 0 Å². The van der Waals surface area contributed by atoms with E-state index in [9.17, 15) is 19.2 Å². The number of aryl methyl sites for hydroxylation is 2. The average molecular weight is 1100 g/mol. The van der Waals surface area contributed by atoms with E-state index in [4.69, 9.17) is 34.8 Å². The van der Waals surface area contributed by atoms with Gasteiger partial charge in [0, 0.05) is 51.1 Å². The number of carbonyl (C=O) groups excluding carboxylic acids is 4. The van der Waals surface area contributed by atoms with Crippen molar-refractivity contribution in [1.82, 2.24) is 30.2 Å². The molecule has 0 fully saturated rings. The molecule has 0 aliphatic carbocycles. The van der Waals surface area contributed by atoms with Crippen LogP contribution >= 0.6 is 34.8 Å². The highest BCUT2D eigenvalue weighted by Crippen LogP contribution is 2.24. The number of nitrogens with zero attached hydrogens (tertiary/aromatic N) is 4. The summed E-state index contributed by atoms with van der Waals surface area (Å²) in [5, 5.41) is 6.36. The molecule has 0 spiro atoms. The summed E-state index contributed by atoms with van der Waals surface area (Å²) in [7, 11) is 7.35. The third-order valence-corrected chi connectivity index (χ3v) is 13.9. The van der Waals surface area contributed by atoms with Gasteiger partial charge in [0.15, 0.2) is 4.30 Å². The van der Waals surface area contributed by atoms with Crippen LogP contribution in [0.25, 0.3) is 0 Å². The van der Waals surface area contributed by atoms with Crippen LogP contribution in [0, 0.1) is 13.8 Å². The summed E-state index contributed by atoms with van der Waals surface area (Å²) in [6, 6.07) is 55.3. The zero-order valence-corrected chi connectivity index (χ0v) is 49.2. The molecule has 0 heterocycles. The number of rotatable bonds is 22. The van der Waals surface area contributed by atoms with Crippen LogP contribution in [-0.4, -0.2) is 113 Å². The van der Waals surface area contributed by atoms with E-state index in [1.165, 1.54) is 22.3 Å². The second-order valence-corrected chi connectivity index (χ2v) is 23.2. The van der Waals surface area contributed by atoms with E-state index >= 15 is 0 Å². The zero-order chi connectivity index (χ0) is 56.7. The third kappa shape index (κ3) is 21.7. The first-order chi connectivity index (χ1) is 36.5. The van der Waals surface area contributed by atoms with Gasteiger partial charge in [0.25, 0.3) is 0 Å². The van der Waals surface area contributed by atoms with Crippen LogP contribution in [0.1, 0.15) is 79.1 Å². The molecule has 0 aliphatic rings. The molecule has 4 amide bonds. The first-order valence-electron chi connectivity index (χ1n) is 26.2. The number of alkyl halides is 3. The number of hydrogen-bond donors (Lipinski definition) is 2. The molecule has 2 N–H and O–H groups in total. The smallest absolute Gasteiger partial charge is 0.239 e. The number of hydrogen-bond acceptors (Lipinski definition) is 6. The molecule has 0 aliphatic heterocycles. The molecule has 6 aromatic rings. The van der Waals surface area contributed by atoms with Crippen LogP contribution in [0.2, 0.25) is 0 Å². The van der Waals surface area contributed by atoms with Crippen molar-refractivity contribution in [2.45, 2.75) is 108 Å². The van der Waals surface area contributed by atoms with Crippen molar-refractivity contribution >= 4 is 58.4 Å². The molecule has 6 rings (SSSR count). The maximum absolute atomic E-state index is 13.6. The minimum Gasteiger partial charge on any atom is -0.354 e. The predicted molar refractivity (Wildman–Crippen MR) is 319 cm³/mol. The van der Waals surface area contributed by atoms with Gasteiger partial charge in [-0.3, -0.25) is 29.0 Å². The molecular weight excluding hydrogens is 1020 g/mol. The summed E-state index contributed by atoms with van der Waals surface area (Å²) >= 11 is 14.4. The number of halogens is 3. The van der Waals surface area contributed by atoms with Gasteiger partial charge in [-0.25, -0.2) is 0 Å². The lowest BCUT2D eigenvalue weighted by Crippen LogP contribution is -2.55. The molecule has 0 aromatic heterocycles. The molecule has 3 atom stereocenters. The highest BCUT2D eigenvalue weighted by atomic mass is 35.6. The van der Waals surface area contributed by atoms with Crippen molar-refractivity contribution in [3.63, 3.8) is 0 Å². The predicted octanol–water partition coefficient (Wildman–Crippen LogP) is 11.6. The minimum absolute atomic E-state index is 0.0160. The SMILES string of the molecule is Cc1ccc(CC(C(=O)NCC(C)(C)c2ccccc2)N(C)C(C)C(=O)N(C)Cc2ccccc2)cc1.Cc1ccc(CC(C(=O)NCC(C)(C)c2ccccc2)N(C)CC(=O)N(C)Cc2ccccc2)cc1.ClC(Cl)Cl. The van der Waals surface area contributed by atoms with E-state index in [1.54, 1.807) is 16.8 Å². The van der Waals surface area contributed by atoms with Crippen molar-refractivity contribution in [3.05, 3.63) is 214 Å². The van der Waals surface area contributed by atoms with Crippen molar-refractivity contribution in [3.8, 4) is 0 Å². The van der Waals surface area contributed by atoms with Crippen LogP contribution in [-0.2, 0) is 55.9 Å². The van der Waals surface area contributed by atoms with E-state index < -0.39 is 22.4 Å². The largest absolute Gasteiger partial charge is 0.354 e. The van der Waals surface area contributed by atoms with E-state index in [1.807, 2.05) is 142 Å². The molecule has 3 unspecified atom stereocenters. The Hall–Kier alpha value is -6.01. The first kappa shape index (κ1) is 63.5. The lowest BCUT2D eigenvalue weighted by atomic mass is 9.84. The van der Waals surface area contributed by atoms with Gasteiger partial charge in [0.1, 0.15) is 0 Å². The molecule has 77 heavy (non-hydrogen) atoms. The maximum Gasteiger partial charge on any atom is 0.239 e. The Morgan fingerprint density at radius 2 is 0.818 bits per heavy atom. The molecule has 10 nitrogen and oxygen atoms in total. The quantitative estimate of drug-likeness (QED) is 0.0656. The van der Waals surface area contributed by atoms with E-state index in [0.717, 1.165) is 22.3 Å². The lowest BCUT2D eigenvalue weighted by Gasteiger charge is -2.35. The number of likely N-dealkylation sites (N-methyl/N-ethyl adjacent to an activating group) is 4. The van der Waals surface area contributed by atoms with Crippen LogP contribution in [0.3, 0.4) is 0 Å². The highest BCUT2D eigenvalue weighted by molar-refractivity contribution is 6.63. The van der Waals surface area contributed by atoms with E-state index in [0.29, 0.717) is 39.0 Å². The monoisotopic (exact) mass is 1100 g/mol. The molecule has 0 saturated carbocycles. The van der Waals surface area contributed by atoms with Crippen molar-refractivity contribution in [2.75, 3.05) is 47.8 Å². The van der Waals surface area contributed by atoms with Gasteiger partial charge in [-0.2, -0.15) is 0 Å². The van der Waals surface area contributed by atoms with Gasteiger partial charge < -0.3 is 20.4 Å². The van der Waals surface area contributed by atoms with Gasteiger partial charge in [0.05, 0.1) is 24.7 Å². The number of benzene rings is 6. The van der Waals surface area contributed by atoms with Crippen LogP contribution in [0.5, 0.6) is 0 Å². The summed E-state index contributed by atoms with van der Waals surface area (Å²) in [4.78, 5) is 60.8. The van der Waals surface area contributed by atoms with Crippen molar-refractivity contribution < 1.29 is 19.2 Å². The molecule has 0 radical (unpaired) electrons. The topological polar surface area (TPSA) is 105 Å². The van der Waals surface area contributed by atoms with Crippen molar-refractivity contribution in [2.24, 2.45) is 0 Å². The molecule has 0 saturated heterocycles. The first-order valence-corrected chi connectivity index (χ1v) is 27.5. The number of carbonyl (C=O) groups is 4. The van der Waals surface area contributed by atoms with E-state index in [2.05, 4.69) is 118 Å². The van der Waals surface area contributed by atoms with E-state index in [-0.39, 0.29) is 41.0 Å². The van der Waals surface area contributed by atoms with Gasteiger partial charge in [0.2, 0.25) is 23.6 Å². The fraction of sp³-hybridized carbons (Fsp3) is 0.375. The Morgan fingerprint density at radius 3 is 1.21 bits per heavy atom. The average Bonchev–Trinajstić information content (AvgIpc) is 3.41. The standard InChI is InChI=1S/C32H41N3O2.C31H39N3O2.CHCl3/c1-24-17-19-26(20-18-24)21-29(30(36)33-23-32(3,4)28-15-11-8-12-16-28)35(6)25(2)31(37)34(5)22-27-13-9-7-10-14-27;1-24-16-18-25(19-17-24)20-28(30(36)32-23-31(2,3)27-14-10-7-11-15-27)33(4)22-29(35)34(5)21-26-12-8-6-9-13-26;2-1(3)4/h7-20,25,29H,21-23H2,1-6H3,(H,33,36);6-19,28H,20-23H2,1-5H3,(H,32,36);1H. The Balaban J connectivity index is 0.000000311. The minimum atomic E-state index is -0.750. The van der Waals surface area contributed by atoms with Gasteiger partial charge in [-0.15, -0.1) is 0 Å². The number of amides is 4. The van der Waals surface area contributed by atoms with Crippen LogP contribution in [0.15, 0.2) is 170 Å². The molecule has 13 heteroatoms. The highest BCUT2D eigenvalue weighted by Gasteiger charge is 2.33. The fourth-order valence-corrected chi connectivity index (χ4v) is 8.69. The number of nitrogens with one attached hydrogen (secondary N) is 2. The lowest BCUT2D eigenvalue weighted by molar-refractivity contribution is -0.138. The van der Waals surface area contributed by atoms with Crippen LogP contribution < -0.4 is 10.6 Å². The summed E-state index contributed by atoms with van der Waals surface area (Å²) < 4.78 is -0.750. The Morgan fingerprint density at radius 1 is 0.481 bits per heavy atom.